The zero-order chi connectivity index (χ0) is 12.5. The van der Waals surface area contributed by atoms with Crippen LogP contribution < -0.4 is 0 Å². The number of hydrogen-bond acceptors (Lipinski definition) is 2. The SMILES string of the molecule is CC1OCCC1(CO)Cc1ccc(Br)cc1F. The van der Waals surface area contributed by atoms with E-state index in [1.165, 1.54) is 6.07 Å². The Hall–Kier alpha value is -0.450. The number of benzene rings is 1. The quantitative estimate of drug-likeness (QED) is 0.930. The van der Waals surface area contributed by atoms with Crippen LogP contribution in [-0.4, -0.2) is 24.4 Å². The molecule has 0 spiro atoms. The summed E-state index contributed by atoms with van der Waals surface area (Å²) in [6, 6.07) is 5.05. The van der Waals surface area contributed by atoms with Crippen LogP contribution in [-0.2, 0) is 11.2 Å². The van der Waals surface area contributed by atoms with E-state index in [2.05, 4.69) is 15.9 Å². The number of hydrogen-bond donors (Lipinski definition) is 1. The number of halogens is 2. The van der Waals surface area contributed by atoms with Gasteiger partial charge in [0.2, 0.25) is 0 Å². The van der Waals surface area contributed by atoms with E-state index in [0.717, 1.165) is 10.9 Å². The molecule has 1 aromatic carbocycles. The van der Waals surface area contributed by atoms with Crippen LogP contribution in [0.5, 0.6) is 0 Å². The average Bonchev–Trinajstić information content (AvgIpc) is 2.65. The highest BCUT2D eigenvalue weighted by molar-refractivity contribution is 9.10. The average molecular weight is 303 g/mol. The summed E-state index contributed by atoms with van der Waals surface area (Å²) in [5, 5.41) is 9.58. The van der Waals surface area contributed by atoms with Crippen LogP contribution >= 0.6 is 15.9 Å². The van der Waals surface area contributed by atoms with Crippen molar-refractivity contribution >= 4 is 15.9 Å². The van der Waals surface area contributed by atoms with E-state index in [1.54, 1.807) is 6.07 Å². The smallest absolute Gasteiger partial charge is 0.127 e. The van der Waals surface area contributed by atoms with E-state index in [4.69, 9.17) is 4.74 Å². The molecular weight excluding hydrogens is 287 g/mol. The number of aliphatic hydroxyl groups excluding tert-OH is 1. The Kier molecular flexibility index (Phi) is 3.85. The molecule has 0 aromatic heterocycles. The summed E-state index contributed by atoms with van der Waals surface area (Å²) >= 11 is 3.24. The van der Waals surface area contributed by atoms with Crippen molar-refractivity contribution in [1.82, 2.24) is 0 Å². The fourth-order valence-corrected chi connectivity index (χ4v) is 2.69. The molecule has 2 rings (SSSR count). The summed E-state index contributed by atoms with van der Waals surface area (Å²) in [5.41, 5.74) is 0.300. The van der Waals surface area contributed by atoms with Crippen LogP contribution in [0.2, 0.25) is 0 Å². The van der Waals surface area contributed by atoms with Gasteiger partial charge in [-0.15, -0.1) is 0 Å². The van der Waals surface area contributed by atoms with Gasteiger partial charge in [0.25, 0.3) is 0 Å². The van der Waals surface area contributed by atoms with Gasteiger partial charge >= 0.3 is 0 Å². The van der Waals surface area contributed by atoms with Crippen molar-refractivity contribution in [2.75, 3.05) is 13.2 Å². The molecule has 0 bridgehead atoms. The molecule has 94 valence electrons. The summed E-state index contributed by atoms with van der Waals surface area (Å²) in [5.74, 6) is -0.230. The van der Waals surface area contributed by atoms with Gasteiger partial charge in [-0.05, 0) is 37.5 Å². The minimum atomic E-state index is -0.339. The highest BCUT2D eigenvalue weighted by Crippen LogP contribution is 2.38. The first-order valence-electron chi connectivity index (χ1n) is 5.74. The molecule has 1 fully saturated rings. The van der Waals surface area contributed by atoms with Crippen molar-refractivity contribution in [1.29, 1.82) is 0 Å². The summed E-state index contributed by atoms with van der Waals surface area (Å²) in [4.78, 5) is 0. The Morgan fingerprint density at radius 1 is 1.59 bits per heavy atom. The molecule has 4 heteroatoms. The molecule has 0 saturated carbocycles. The van der Waals surface area contributed by atoms with Crippen LogP contribution in [0, 0.1) is 11.2 Å². The lowest BCUT2D eigenvalue weighted by Crippen LogP contribution is -2.35. The standard InChI is InChI=1S/C13H16BrFO2/c1-9-13(8-16,4-5-17-9)7-10-2-3-11(14)6-12(10)15/h2-3,6,9,16H,4-5,7-8H2,1H3. The summed E-state index contributed by atoms with van der Waals surface area (Å²) in [6.07, 6.45) is 1.26. The third kappa shape index (κ3) is 2.54. The topological polar surface area (TPSA) is 29.5 Å². The first-order valence-corrected chi connectivity index (χ1v) is 6.53. The van der Waals surface area contributed by atoms with E-state index >= 15 is 0 Å². The Morgan fingerprint density at radius 3 is 2.88 bits per heavy atom. The monoisotopic (exact) mass is 302 g/mol. The van der Waals surface area contributed by atoms with E-state index in [9.17, 15) is 9.50 Å². The van der Waals surface area contributed by atoms with Crippen molar-refractivity contribution in [3.8, 4) is 0 Å². The molecule has 2 unspecified atom stereocenters. The highest BCUT2D eigenvalue weighted by Gasteiger charge is 2.41. The summed E-state index contributed by atoms with van der Waals surface area (Å²) < 4.78 is 20.0. The van der Waals surface area contributed by atoms with Gasteiger partial charge in [-0.25, -0.2) is 4.39 Å². The summed E-state index contributed by atoms with van der Waals surface area (Å²) in [7, 11) is 0. The zero-order valence-corrected chi connectivity index (χ0v) is 11.3. The molecule has 0 aliphatic carbocycles. The van der Waals surface area contributed by atoms with E-state index in [0.29, 0.717) is 18.6 Å². The van der Waals surface area contributed by atoms with Crippen molar-refractivity contribution in [3.63, 3.8) is 0 Å². The normalized spacial score (nSPS) is 28.6. The van der Waals surface area contributed by atoms with E-state index < -0.39 is 0 Å². The number of rotatable bonds is 3. The maximum atomic E-state index is 13.8. The predicted molar refractivity (Wildman–Crippen MR) is 67.4 cm³/mol. The largest absolute Gasteiger partial charge is 0.396 e. The van der Waals surface area contributed by atoms with Gasteiger partial charge in [0.1, 0.15) is 5.82 Å². The maximum absolute atomic E-state index is 13.8. The van der Waals surface area contributed by atoms with Gasteiger partial charge in [-0.2, -0.15) is 0 Å². The van der Waals surface area contributed by atoms with Crippen LogP contribution in [0.25, 0.3) is 0 Å². The molecule has 2 nitrogen and oxygen atoms in total. The van der Waals surface area contributed by atoms with Crippen LogP contribution in [0.3, 0.4) is 0 Å². The highest BCUT2D eigenvalue weighted by atomic mass is 79.9. The van der Waals surface area contributed by atoms with Crippen molar-refractivity contribution in [3.05, 3.63) is 34.1 Å². The fourth-order valence-electron chi connectivity index (χ4n) is 2.36. The molecule has 0 amide bonds. The second-order valence-corrected chi connectivity index (χ2v) is 5.61. The predicted octanol–water partition coefficient (Wildman–Crippen LogP) is 2.92. The number of ether oxygens (including phenoxy) is 1. The molecule has 1 aromatic rings. The van der Waals surface area contributed by atoms with Gasteiger partial charge in [0, 0.05) is 16.5 Å². The zero-order valence-electron chi connectivity index (χ0n) is 9.75. The molecule has 1 N–H and O–H groups in total. The van der Waals surface area contributed by atoms with Crippen molar-refractivity contribution in [2.24, 2.45) is 5.41 Å². The maximum Gasteiger partial charge on any atom is 0.127 e. The van der Waals surface area contributed by atoms with Crippen molar-refractivity contribution < 1.29 is 14.2 Å². The minimum absolute atomic E-state index is 0.0314. The Balaban J connectivity index is 2.24. The first-order chi connectivity index (χ1) is 8.07. The first kappa shape index (κ1) is 13.0. The minimum Gasteiger partial charge on any atom is -0.396 e. The molecule has 0 radical (unpaired) electrons. The molecule has 1 saturated heterocycles. The Bertz CT molecular complexity index is 410. The molecule has 1 aliphatic rings. The lowest BCUT2D eigenvalue weighted by molar-refractivity contribution is 0.0267. The Morgan fingerprint density at radius 2 is 2.35 bits per heavy atom. The second kappa shape index (κ2) is 5.04. The molecule has 1 heterocycles. The van der Waals surface area contributed by atoms with Gasteiger partial charge in [-0.3, -0.25) is 0 Å². The van der Waals surface area contributed by atoms with Crippen LogP contribution in [0.15, 0.2) is 22.7 Å². The van der Waals surface area contributed by atoms with E-state index in [1.807, 2.05) is 13.0 Å². The lowest BCUT2D eigenvalue weighted by atomic mass is 9.77. The molecule has 1 aliphatic heterocycles. The third-order valence-electron chi connectivity index (χ3n) is 3.70. The lowest BCUT2D eigenvalue weighted by Gasteiger charge is -2.30. The van der Waals surface area contributed by atoms with Crippen LogP contribution in [0.1, 0.15) is 18.9 Å². The Labute approximate surface area is 109 Å². The van der Waals surface area contributed by atoms with Gasteiger partial charge < -0.3 is 9.84 Å². The molecular formula is C13H16BrFO2. The summed E-state index contributed by atoms with van der Waals surface area (Å²) in [6.45, 7) is 2.61. The molecule has 17 heavy (non-hydrogen) atoms. The van der Waals surface area contributed by atoms with Gasteiger partial charge in [-0.1, -0.05) is 22.0 Å². The number of aliphatic hydroxyl groups is 1. The van der Waals surface area contributed by atoms with Crippen LogP contribution in [0.4, 0.5) is 4.39 Å². The third-order valence-corrected chi connectivity index (χ3v) is 4.20. The van der Waals surface area contributed by atoms with Gasteiger partial charge in [0.15, 0.2) is 0 Å². The fraction of sp³-hybridized carbons (Fsp3) is 0.538. The van der Waals surface area contributed by atoms with Crippen molar-refractivity contribution in [2.45, 2.75) is 25.9 Å². The van der Waals surface area contributed by atoms with Gasteiger partial charge in [0.05, 0.1) is 12.7 Å². The molecule has 2 atom stereocenters. The second-order valence-electron chi connectivity index (χ2n) is 4.70. The van der Waals surface area contributed by atoms with E-state index in [-0.39, 0.29) is 23.9 Å².